The van der Waals surface area contributed by atoms with Crippen molar-refractivity contribution in [3.05, 3.63) is 29.8 Å². The van der Waals surface area contributed by atoms with Gasteiger partial charge in [-0.25, -0.2) is 0 Å². The van der Waals surface area contributed by atoms with Crippen LogP contribution in [0.1, 0.15) is 55.3 Å². The van der Waals surface area contributed by atoms with Gasteiger partial charge < -0.3 is 5.32 Å². The number of thioether (sulfide) groups is 1. The van der Waals surface area contributed by atoms with Crippen molar-refractivity contribution in [2.45, 2.75) is 49.8 Å². The van der Waals surface area contributed by atoms with Crippen LogP contribution in [-0.4, -0.2) is 18.7 Å². The van der Waals surface area contributed by atoms with E-state index in [2.05, 4.69) is 5.32 Å². The van der Waals surface area contributed by atoms with Gasteiger partial charge in [0.05, 0.1) is 5.56 Å². The summed E-state index contributed by atoms with van der Waals surface area (Å²) in [5.74, 6) is 0.886. The first-order valence-corrected chi connectivity index (χ1v) is 8.95. The summed E-state index contributed by atoms with van der Waals surface area (Å²) in [6, 6.07) is 7.83. The highest BCUT2D eigenvalue weighted by atomic mass is 32.2. The van der Waals surface area contributed by atoms with Crippen LogP contribution >= 0.6 is 11.8 Å². The standard InChI is InChI=1S/C17H25NOS/c1-20-16-11-7-6-10-15(16)17(19)18-13-12-14-8-4-2-3-5-9-14/h6-7,10-11,14H,2-5,8-9,12-13H2,1H3,(H,18,19). The lowest BCUT2D eigenvalue weighted by molar-refractivity contribution is 0.0948. The van der Waals surface area contributed by atoms with E-state index in [1.807, 2.05) is 30.5 Å². The molecule has 1 aromatic rings. The van der Waals surface area contributed by atoms with Crippen molar-refractivity contribution >= 4 is 17.7 Å². The molecule has 0 spiro atoms. The maximum atomic E-state index is 12.2. The fraction of sp³-hybridized carbons (Fsp3) is 0.588. The van der Waals surface area contributed by atoms with Crippen molar-refractivity contribution in [1.82, 2.24) is 5.32 Å². The molecule has 110 valence electrons. The van der Waals surface area contributed by atoms with Gasteiger partial charge in [0.15, 0.2) is 0 Å². The molecule has 1 N–H and O–H groups in total. The third kappa shape index (κ3) is 4.55. The Balaban J connectivity index is 1.79. The van der Waals surface area contributed by atoms with Crippen LogP contribution in [0.3, 0.4) is 0 Å². The molecule has 0 heterocycles. The average molecular weight is 291 g/mol. The van der Waals surface area contributed by atoms with E-state index in [9.17, 15) is 4.79 Å². The van der Waals surface area contributed by atoms with Crippen LogP contribution in [0.5, 0.6) is 0 Å². The van der Waals surface area contributed by atoms with E-state index >= 15 is 0 Å². The smallest absolute Gasteiger partial charge is 0.252 e. The molecule has 0 atom stereocenters. The molecule has 1 fully saturated rings. The third-order valence-corrected chi connectivity index (χ3v) is 4.96. The number of hydrogen-bond acceptors (Lipinski definition) is 2. The molecular formula is C17H25NOS. The zero-order valence-electron chi connectivity index (χ0n) is 12.4. The van der Waals surface area contributed by atoms with Crippen LogP contribution in [0.4, 0.5) is 0 Å². The largest absolute Gasteiger partial charge is 0.352 e. The van der Waals surface area contributed by atoms with Crippen molar-refractivity contribution in [2.24, 2.45) is 5.92 Å². The summed E-state index contributed by atoms with van der Waals surface area (Å²) in [4.78, 5) is 13.3. The van der Waals surface area contributed by atoms with Crippen LogP contribution in [0.2, 0.25) is 0 Å². The Labute approximate surface area is 126 Å². The van der Waals surface area contributed by atoms with E-state index in [1.54, 1.807) is 11.8 Å². The topological polar surface area (TPSA) is 29.1 Å². The van der Waals surface area contributed by atoms with E-state index in [0.717, 1.165) is 29.3 Å². The van der Waals surface area contributed by atoms with Gasteiger partial charge in [-0.15, -0.1) is 11.8 Å². The Hall–Kier alpha value is -0.960. The van der Waals surface area contributed by atoms with E-state index in [1.165, 1.54) is 38.5 Å². The SMILES string of the molecule is CSc1ccccc1C(=O)NCCC1CCCCCC1. The van der Waals surface area contributed by atoms with E-state index in [0.29, 0.717) is 0 Å². The molecule has 0 aromatic heterocycles. The molecule has 1 aliphatic rings. The lowest BCUT2D eigenvalue weighted by Gasteiger charge is -2.14. The fourth-order valence-electron chi connectivity index (χ4n) is 2.97. The minimum Gasteiger partial charge on any atom is -0.352 e. The van der Waals surface area contributed by atoms with Crippen LogP contribution in [0, 0.1) is 5.92 Å². The quantitative estimate of drug-likeness (QED) is 0.639. The molecule has 1 aliphatic carbocycles. The molecule has 0 aliphatic heterocycles. The van der Waals surface area contributed by atoms with Crippen molar-refractivity contribution in [1.29, 1.82) is 0 Å². The summed E-state index contributed by atoms with van der Waals surface area (Å²) >= 11 is 1.63. The summed E-state index contributed by atoms with van der Waals surface area (Å²) in [5.41, 5.74) is 0.806. The molecule has 2 rings (SSSR count). The Kier molecular flexibility index (Phi) is 6.44. The van der Waals surface area contributed by atoms with Gasteiger partial charge in [-0.2, -0.15) is 0 Å². The number of rotatable bonds is 5. The van der Waals surface area contributed by atoms with Gasteiger partial charge >= 0.3 is 0 Å². The zero-order chi connectivity index (χ0) is 14.2. The number of nitrogens with one attached hydrogen (secondary N) is 1. The van der Waals surface area contributed by atoms with Gasteiger partial charge in [0.1, 0.15) is 0 Å². The lowest BCUT2D eigenvalue weighted by Crippen LogP contribution is -2.26. The molecule has 20 heavy (non-hydrogen) atoms. The number of carbonyl (C=O) groups is 1. The first-order chi connectivity index (χ1) is 9.81. The van der Waals surface area contributed by atoms with E-state index < -0.39 is 0 Å². The molecular weight excluding hydrogens is 266 g/mol. The monoisotopic (exact) mass is 291 g/mol. The molecule has 0 saturated heterocycles. The molecule has 2 nitrogen and oxygen atoms in total. The lowest BCUT2D eigenvalue weighted by atomic mass is 9.97. The summed E-state index contributed by atoms with van der Waals surface area (Å²) < 4.78 is 0. The Bertz CT molecular complexity index is 425. The predicted octanol–water partition coefficient (Wildman–Crippen LogP) is 4.50. The van der Waals surface area contributed by atoms with Gasteiger partial charge in [0.25, 0.3) is 5.91 Å². The Morgan fingerprint density at radius 1 is 1.20 bits per heavy atom. The summed E-state index contributed by atoms with van der Waals surface area (Å²) in [6.07, 6.45) is 11.4. The maximum absolute atomic E-state index is 12.2. The van der Waals surface area contributed by atoms with Gasteiger partial charge in [0, 0.05) is 11.4 Å². The van der Waals surface area contributed by atoms with Crippen LogP contribution in [0.15, 0.2) is 29.2 Å². The predicted molar refractivity (Wildman–Crippen MR) is 86.4 cm³/mol. The van der Waals surface area contributed by atoms with Crippen molar-refractivity contribution in [3.8, 4) is 0 Å². The summed E-state index contributed by atoms with van der Waals surface area (Å²) in [5, 5.41) is 3.09. The normalized spacial score (nSPS) is 16.6. The number of amides is 1. The average Bonchev–Trinajstić information content (AvgIpc) is 2.76. The van der Waals surface area contributed by atoms with E-state index in [4.69, 9.17) is 0 Å². The van der Waals surface area contributed by atoms with Crippen LogP contribution < -0.4 is 5.32 Å². The van der Waals surface area contributed by atoms with Gasteiger partial charge in [-0.1, -0.05) is 50.7 Å². The molecule has 0 unspecified atom stereocenters. The molecule has 3 heteroatoms. The third-order valence-electron chi connectivity index (χ3n) is 4.16. The fourth-order valence-corrected chi connectivity index (χ4v) is 3.57. The number of hydrogen-bond donors (Lipinski definition) is 1. The summed E-state index contributed by atoms with van der Waals surface area (Å²) in [7, 11) is 0. The summed E-state index contributed by atoms with van der Waals surface area (Å²) in [6.45, 7) is 0.812. The highest BCUT2D eigenvalue weighted by Crippen LogP contribution is 2.25. The minimum atomic E-state index is 0.0728. The second-order valence-corrected chi connectivity index (χ2v) is 6.45. The van der Waals surface area contributed by atoms with E-state index in [-0.39, 0.29) is 5.91 Å². The minimum absolute atomic E-state index is 0.0728. The van der Waals surface area contributed by atoms with Crippen LogP contribution in [-0.2, 0) is 0 Å². The van der Waals surface area contributed by atoms with Gasteiger partial charge in [-0.3, -0.25) is 4.79 Å². The highest BCUT2D eigenvalue weighted by molar-refractivity contribution is 7.98. The molecule has 0 bridgehead atoms. The molecule has 1 aromatic carbocycles. The van der Waals surface area contributed by atoms with Gasteiger partial charge in [-0.05, 0) is 30.7 Å². The van der Waals surface area contributed by atoms with Crippen molar-refractivity contribution in [2.75, 3.05) is 12.8 Å². The van der Waals surface area contributed by atoms with Gasteiger partial charge in [0.2, 0.25) is 0 Å². The number of benzene rings is 1. The maximum Gasteiger partial charge on any atom is 0.252 e. The molecule has 1 saturated carbocycles. The second kappa shape index (κ2) is 8.35. The highest BCUT2D eigenvalue weighted by Gasteiger charge is 2.13. The molecule has 0 radical (unpaired) electrons. The van der Waals surface area contributed by atoms with Crippen molar-refractivity contribution in [3.63, 3.8) is 0 Å². The number of carbonyl (C=O) groups excluding carboxylic acids is 1. The first-order valence-electron chi connectivity index (χ1n) is 7.72. The first kappa shape index (κ1) is 15.4. The second-order valence-electron chi connectivity index (χ2n) is 5.60. The zero-order valence-corrected chi connectivity index (χ0v) is 13.2. The van der Waals surface area contributed by atoms with Crippen molar-refractivity contribution < 1.29 is 4.79 Å². The Morgan fingerprint density at radius 2 is 1.90 bits per heavy atom. The Morgan fingerprint density at radius 3 is 2.60 bits per heavy atom. The van der Waals surface area contributed by atoms with Crippen LogP contribution in [0.25, 0.3) is 0 Å². The molecule has 1 amide bonds.